The van der Waals surface area contributed by atoms with Gasteiger partial charge in [-0.3, -0.25) is 4.72 Å². The van der Waals surface area contributed by atoms with Crippen LogP contribution < -0.4 is 4.72 Å². The summed E-state index contributed by atoms with van der Waals surface area (Å²) in [7, 11) is -3.74. The molecule has 0 spiro atoms. The van der Waals surface area contributed by atoms with Crippen LogP contribution in [0.4, 0.5) is 5.69 Å². The van der Waals surface area contributed by atoms with Gasteiger partial charge in [0, 0.05) is 5.69 Å². The summed E-state index contributed by atoms with van der Waals surface area (Å²) in [5.41, 5.74) is 4.09. The number of benzene rings is 2. The van der Waals surface area contributed by atoms with E-state index < -0.39 is 10.0 Å². The number of aliphatic hydroxyl groups is 1. The Bertz CT molecular complexity index is 853. The fourth-order valence-corrected chi connectivity index (χ4v) is 4.84. The Hall–Kier alpha value is -1.85. The Labute approximate surface area is 163 Å². The minimum atomic E-state index is -3.74. The fraction of sp³-hybridized carbons (Fsp3) is 0.455. The zero-order chi connectivity index (χ0) is 20.4. The molecule has 0 atom stereocenters. The predicted octanol–water partition coefficient (Wildman–Crippen LogP) is 5.35. The maximum atomic E-state index is 13.3. The standard InChI is InChI=1S/C22H31NO3S/c1-14(2)18-11-20(15(3)4)22(21(12-18)16(5)6)27(25,26)23-19-9-7-17(13-24)8-10-19/h7-12,14-16,23-24H,13H2,1-6H3. The second-order valence-electron chi connectivity index (χ2n) is 7.95. The molecule has 0 amide bonds. The maximum Gasteiger partial charge on any atom is 0.262 e. The van der Waals surface area contributed by atoms with Gasteiger partial charge in [-0.25, -0.2) is 8.42 Å². The van der Waals surface area contributed by atoms with Crippen molar-refractivity contribution < 1.29 is 13.5 Å². The number of hydrogen-bond donors (Lipinski definition) is 2. The third-order valence-electron chi connectivity index (χ3n) is 4.74. The zero-order valence-corrected chi connectivity index (χ0v) is 17.9. The molecule has 0 aliphatic carbocycles. The highest BCUT2D eigenvalue weighted by atomic mass is 32.2. The third-order valence-corrected chi connectivity index (χ3v) is 6.25. The van der Waals surface area contributed by atoms with Crippen LogP contribution in [-0.2, 0) is 16.6 Å². The summed E-state index contributed by atoms with van der Waals surface area (Å²) in [5, 5.41) is 9.17. The van der Waals surface area contributed by atoms with Gasteiger partial charge in [0.2, 0.25) is 0 Å². The average molecular weight is 390 g/mol. The van der Waals surface area contributed by atoms with Gasteiger partial charge in [0.15, 0.2) is 0 Å². The van der Waals surface area contributed by atoms with E-state index in [1.165, 1.54) is 0 Å². The number of rotatable bonds is 7. The van der Waals surface area contributed by atoms with E-state index in [0.717, 1.165) is 22.3 Å². The van der Waals surface area contributed by atoms with Crippen LogP contribution in [0, 0.1) is 0 Å². The van der Waals surface area contributed by atoms with Gasteiger partial charge in [-0.2, -0.15) is 0 Å². The van der Waals surface area contributed by atoms with Crippen LogP contribution in [-0.4, -0.2) is 13.5 Å². The lowest BCUT2D eigenvalue weighted by Gasteiger charge is -2.23. The van der Waals surface area contributed by atoms with Crippen molar-refractivity contribution in [2.45, 2.75) is 70.8 Å². The van der Waals surface area contributed by atoms with Gasteiger partial charge in [-0.05, 0) is 52.1 Å². The van der Waals surface area contributed by atoms with E-state index in [-0.39, 0.29) is 18.4 Å². The van der Waals surface area contributed by atoms with E-state index in [4.69, 9.17) is 5.11 Å². The molecule has 0 aromatic heterocycles. The topological polar surface area (TPSA) is 66.4 Å². The summed E-state index contributed by atoms with van der Waals surface area (Å²) in [4.78, 5) is 0.392. The number of hydrogen-bond acceptors (Lipinski definition) is 3. The van der Waals surface area contributed by atoms with Crippen molar-refractivity contribution in [2.24, 2.45) is 0 Å². The summed E-state index contributed by atoms with van der Waals surface area (Å²) in [6.07, 6.45) is 0. The quantitative estimate of drug-likeness (QED) is 0.671. The van der Waals surface area contributed by atoms with Crippen molar-refractivity contribution >= 4 is 15.7 Å². The van der Waals surface area contributed by atoms with Crippen LogP contribution in [0.25, 0.3) is 0 Å². The summed E-state index contributed by atoms with van der Waals surface area (Å²) in [5.74, 6) is 0.504. The summed E-state index contributed by atoms with van der Waals surface area (Å²) in [6.45, 7) is 12.3. The van der Waals surface area contributed by atoms with Crippen molar-refractivity contribution in [2.75, 3.05) is 4.72 Å². The van der Waals surface area contributed by atoms with Crippen molar-refractivity contribution in [3.05, 3.63) is 58.7 Å². The van der Waals surface area contributed by atoms with Gasteiger partial charge in [-0.1, -0.05) is 65.8 Å². The Morgan fingerprint density at radius 2 is 1.33 bits per heavy atom. The minimum Gasteiger partial charge on any atom is -0.392 e. The summed E-state index contributed by atoms with van der Waals surface area (Å²) in [6, 6.07) is 10.8. The molecule has 5 heteroatoms. The molecule has 0 unspecified atom stereocenters. The Morgan fingerprint density at radius 3 is 1.70 bits per heavy atom. The van der Waals surface area contributed by atoms with Gasteiger partial charge < -0.3 is 5.11 Å². The molecule has 2 aromatic rings. The van der Waals surface area contributed by atoms with Crippen LogP contribution in [0.1, 0.15) is 81.5 Å². The van der Waals surface area contributed by atoms with Crippen LogP contribution >= 0.6 is 0 Å². The summed E-state index contributed by atoms with van der Waals surface area (Å²) >= 11 is 0. The molecule has 0 fully saturated rings. The Morgan fingerprint density at radius 1 is 0.852 bits per heavy atom. The smallest absolute Gasteiger partial charge is 0.262 e. The number of aliphatic hydroxyl groups excluding tert-OH is 1. The van der Waals surface area contributed by atoms with E-state index in [9.17, 15) is 8.42 Å². The Kier molecular flexibility index (Phi) is 6.71. The predicted molar refractivity (Wildman–Crippen MR) is 112 cm³/mol. The van der Waals surface area contributed by atoms with E-state index in [1.807, 2.05) is 39.8 Å². The Balaban J connectivity index is 2.62. The molecule has 0 saturated carbocycles. The molecule has 0 radical (unpaired) electrons. The molecular formula is C22H31NO3S. The molecule has 0 aliphatic rings. The molecule has 2 aromatic carbocycles. The summed E-state index contributed by atoms with van der Waals surface area (Å²) < 4.78 is 29.4. The van der Waals surface area contributed by atoms with Gasteiger partial charge in [0.25, 0.3) is 10.0 Å². The van der Waals surface area contributed by atoms with Gasteiger partial charge >= 0.3 is 0 Å². The first kappa shape index (κ1) is 21.5. The first-order valence-electron chi connectivity index (χ1n) is 9.47. The van der Waals surface area contributed by atoms with Crippen LogP contribution in [0.3, 0.4) is 0 Å². The lowest BCUT2D eigenvalue weighted by molar-refractivity contribution is 0.282. The van der Waals surface area contributed by atoms with Crippen molar-refractivity contribution in [1.82, 2.24) is 0 Å². The molecule has 4 nitrogen and oxygen atoms in total. The fourth-order valence-electron chi connectivity index (χ4n) is 3.08. The SMILES string of the molecule is CC(C)c1cc(C(C)C)c(S(=O)(=O)Nc2ccc(CO)cc2)c(C(C)C)c1. The maximum absolute atomic E-state index is 13.3. The highest BCUT2D eigenvalue weighted by Crippen LogP contribution is 2.36. The van der Waals surface area contributed by atoms with Crippen LogP contribution in [0.5, 0.6) is 0 Å². The third kappa shape index (κ3) is 4.90. The van der Waals surface area contributed by atoms with E-state index in [0.29, 0.717) is 16.5 Å². The molecule has 148 valence electrons. The largest absolute Gasteiger partial charge is 0.392 e. The van der Waals surface area contributed by atoms with Crippen LogP contribution in [0.2, 0.25) is 0 Å². The van der Waals surface area contributed by atoms with Gasteiger partial charge in [-0.15, -0.1) is 0 Å². The molecular weight excluding hydrogens is 358 g/mol. The first-order valence-corrected chi connectivity index (χ1v) is 11.0. The number of anilines is 1. The van der Waals surface area contributed by atoms with Gasteiger partial charge in [0.05, 0.1) is 11.5 Å². The van der Waals surface area contributed by atoms with E-state index in [1.54, 1.807) is 24.3 Å². The second-order valence-corrected chi connectivity index (χ2v) is 9.57. The number of sulfonamides is 1. The van der Waals surface area contributed by atoms with E-state index >= 15 is 0 Å². The normalized spacial score (nSPS) is 12.2. The zero-order valence-electron chi connectivity index (χ0n) is 17.1. The van der Waals surface area contributed by atoms with Gasteiger partial charge in [0.1, 0.15) is 0 Å². The lowest BCUT2D eigenvalue weighted by atomic mass is 9.89. The highest BCUT2D eigenvalue weighted by Gasteiger charge is 2.27. The van der Waals surface area contributed by atoms with Crippen molar-refractivity contribution in [1.29, 1.82) is 0 Å². The molecule has 0 aliphatic heterocycles. The minimum absolute atomic E-state index is 0.0707. The lowest BCUT2D eigenvalue weighted by Crippen LogP contribution is -2.19. The molecule has 0 bridgehead atoms. The van der Waals surface area contributed by atoms with Crippen LogP contribution in [0.15, 0.2) is 41.3 Å². The molecule has 2 rings (SSSR count). The number of nitrogens with one attached hydrogen (secondary N) is 1. The average Bonchev–Trinajstić information content (AvgIpc) is 2.60. The molecule has 2 N–H and O–H groups in total. The molecule has 0 heterocycles. The first-order chi connectivity index (χ1) is 12.6. The van der Waals surface area contributed by atoms with E-state index in [2.05, 4.69) is 18.6 Å². The molecule has 0 saturated heterocycles. The van der Waals surface area contributed by atoms with Crippen molar-refractivity contribution in [3.8, 4) is 0 Å². The van der Waals surface area contributed by atoms with Crippen molar-refractivity contribution in [3.63, 3.8) is 0 Å². The highest BCUT2D eigenvalue weighted by molar-refractivity contribution is 7.92. The monoisotopic (exact) mass is 389 g/mol. The molecule has 27 heavy (non-hydrogen) atoms. The second kappa shape index (κ2) is 8.44.